The van der Waals surface area contributed by atoms with E-state index in [0.717, 1.165) is 0 Å². The summed E-state index contributed by atoms with van der Waals surface area (Å²) in [5.74, 6) is 0. The van der Waals surface area contributed by atoms with Gasteiger partial charge in [0.15, 0.2) is 0 Å². The highest BCUT2D eigenvalue weighted by Gasteiger charge is 2.04. The number of anilines is 2. The Morgan fingerprint density at radius 1 is 0.950 bits per heavy atom. The first kappa shape index (κ1) is 14.8. The van der Waals surface area contributed by atoms with Gasteiger partial charge in [-0.15, -0.1) is 0 Å². The monoisotopic (exact) mass is 329 g/mol. The van der Waals surface area contributed by atoms with E-state index in [-0.39, 0.29) is 0 Å². The van der Waals surface area contributed by atoms with E-state index in [1.807, 2.05) is 0 Å². The second-order valence-electron chi connectivity index (χ2n) is 3.84. The lowest BCUT2D eigenvalue weighted by Gasteiger charge is -2.11. The third-order valence-electron chi connectivity index (χ3n) is 2.32. The minimum atomic E-state index is -0.446. The number of hydrogen-bond acceptors (Lipinski definition) is 2. The van der Waals surface area contributed by atoms with Crippen molar-refractivity contribution in [1.29, 1.82) is 0 Å². The van der Waals surface area contributed by atoms with Gasteiger partial charge in [-0.05, 0) is 36.4 Å². The van der Waals surface area contributed by atoms with E-state index >= 15 is 0 Å². The van der Waals surface area contributed by atoms with Crippen molar-refractivity contribution >= 4 is 52.2 Å². The SMILES string of the molecule is O=C(NNc1ccc(Cl)cc1Cl)Nc1cccc(Cl)c1. The van der Waals surface area contributed by atoms with Crippen LogP contribution in [0.25, 0.3) is 0 Å². The molecule has 2 aromatic rings. The van der Waals surface area contributed by atoms with Gasteiger partial charge < -0.3 is 5.32 Å². The topological polar surface area (TPSA) is 53.2 Å². The normalized spacial score (nSPS) is 9.95. The zero-order chi connectivity index (χ0) is 14.5. The van der Waals surface area contributed by atoms with Gasteiger partial charge in [0, 0.05) is 15.7 Å². The summed E-state index contributed by atoms with van der Waals surface area (Å²) in [5, 5.41) is 4.08. The fourth-order valence-electron chi connectivity index (χ4n) is 1.44. The van der Waals surface area contributed by atoms with Gasteiger partial charge in [-0.2, -0.15) is 0 Å². The molecule has 104 valence electrons. The highest BCUT2D eigenvalue weighted by atomic mass is 35.5. The van der Waals surface area contributed by atoms with Crippen LogP contribution in [0.3, 0.4) is 0 Å². The van der Waals surface area contributed by atoms with E-state index in [0.29, 0.717) is 26.4 Å². The average Bonchev–Trinajstić information content (AvgIpc) is 2.37. The second-order valence-corrected chi connectivity index (χ2v) is 5.12. The highest BCUT2D eigenvalue weighted by molar-refractivity contribution is 6.36. The number of carbonyl (C=O) groups excluding carboxylic acids is 1. The molecule has 0 unspecified atom stereocenters. The Hall–Kier alpha value is -1.62. The Morgan fingerprint density at radius 2 is 1.70 bits per heavy atom. The van der Waals surface area contributed by atoms with Crippen molar-refractivity contribution in [3.8, 4) is 0 Å². The Balaban J connectivity index is 1.92. The Bertz CT molecular complexity index is 634. The smallest absolute Gasteiger partial charge is 0.307 e. The van der Waals surface area contributed by atoms with Gasteiger partial charge in [-0.25, -0.2) is 4.79 Å². The first-order valence-electron chi connectivity index (χ1n) is 5.58. The molecule has 0 saturated heterocycles. The molecular weight excluding hydrogens is 321 g/mol. The summed E-state index contributed by atoms with van der Waals surface area (Å²) in [7, 11) is 0. The first-order chi connectivity index (χ1) is 9.54. The molecule has 7 heteroatoms. The van der Waals surface area contributed by atoms with Crippen molar-refractivity contribution in [2.24, 2.45) is 0 Å². The summed E-state index contributed by atoms with van der Waals surface area (Å²) in [6.45, 7) is 0. The molecule has 2 aromatic carbocycles. The second kappa shape index (κ2) is 6.70. The van der Waals surface area contributed by atoms with Gasteiger partial charge >= 0.3 is 6.03 Å². The molecule has 0 spiro atoms. The summed E-state index contributed by atoms with van der Waals surface area (Å²) < 4.78 is 0. The molecule has 0 saturated carbocycles. The van der Waals surface area contributed by atoms with Gasteiger partial charge in [-0.1, -0.05) is 40.9 Å². The molecule has 0 atom stereocenters. The number of amides is 2. The summed E-state index contributed by atoms with van der Waals surface area (Å²) >= 11 is 17.6. The number of hydrazine groups is 1. The number of hydrogen-bond donors (Lipinski definition) is 3. The van der Waals surface area contributed by atoms with Crippen molar-refractivity contribution in [2.45, 2.75) is 0 Å². The summed E-state index contributed by atoms with van der Waals surface area (Å²) in [6.07, 6.45) is 0. The highest BCUT2D eigenvalue weighted by Crippen LogP contribution is 2.24. The van der Waals surface area contributed by atoms with Crippen molar-refractivity contribution in [1.82, 2.24) is 5.43 Å². The standard InChI is InChI=1S/C13H10Cl3N3O/c14-8-2-1-3-10(6-8)17-13(20)19-18-12-5-4-9(15)7-11(12)16/h1-7,18H,(H2,17,19,20). The maximum Gasteiger partial charge on any atom is 0.337 e. The molecule has 0 bridgehead atoms. The summed E-state index contributed by atoms with van der Waals surface area (Å²) in [5.41, 5.74) is 6.27. The number of rotatable bonds is 3. The predicted molar refractivity (Wildman–Crippen MR) is 83.7 cm³/mol. The molecule has 3 N–H and O–H groups in total. The third kappa shape index (κ3) is 4.20. The Kier molecular flexibility index (Phi) is 4.95. The van der Waals surface area contributed by atoms with Crippen LogP contribution < -0.4 is 16.2 Å². The predicted octanol–water partition coefficient (Wildman–Crippen LogP) is 4.80. The number of urea groups is 1. The molecule has 4 nitrogen and oxygen atoms in total. The van der Waals surface area contributed by atoms with E-state index in [1.165, 1.54) is 0 Å². The van der Waals surface area contributed by atoms with Crippen LogP contribution in [0.5, 0.6) is 0 Å². The maximum absolute atomic E-state index is 11.7. The zero-order valence-electron chi connectivity index (χ0n) is 10.1. The molecule has 2 rings (SSSR count). The zero-order valence-corrected chi connectivity index (χ0v) is 12.4. The molecule has 0 aliphatic heterocycles. The van der Waals surface area contributed by atoms with Gasteiger partial charge in [0.25, 0.3) is 0 Å². The molecule has 0 aromatic heterocycles. The van der Waals surface area contributed by atoms with Crippen LogP contribution in [-0.2, 0) is 0 Å². The summed E-state index contributed by atoms with van der Waals surface area (Å²) in [6, 6.07) is 11.3. The van der Waals surface area contributed by atoms with Crippen molar-refractivity contribution < 1.29 is 4.79 Å². The Labute approximate surface area is 131 Å². The lowest BCUT2D eigenvalue weighted by Crippen LogP contribution is -2.33. The maximum atomic E-state index is 11.7. The van der Waals surface area contributed by atoms with E-state index in [9.17, 15) is 4.79 Å². The lowest BCUT2D eigenvalue weighted by molar-refractivity contribution is 0.254. The first-order valence-corrected chi connectivity index (χ1v) is 6.71. The largest absolute Gasteiger partial charge is 0.337 e. The van der Waals surface area contributed by atoms with Gasteiger partial charge in [0.2, 0.25) is 0 Å². The van der Waals surface area contributed by atoms with Crippen molar-refractivity contribution in [3.05, 3.63) is 57.5 Å². The minimum Gasteiger partial charge on any atom is -0.307 e. The fraction of sp³-hybridized carbons (Fsp3) is 0. The minimum absolute atomic E-state index is 0.403. The molecule has 2 amide bonds. The van der Waals surface area contributed by atoms with Crippen LogP contribution in [0.4, 0.5) is 16.2 Å². The fourth-order valence-corrected chi connectivity index (χ4v) is 2.09. The quantitative estimate of drug-likeness (QED) is 0.708. The number of carbonyl (C=O) groups is 1. The van der Waals surface area contributed by atoms with Crippen LogP contribution in [0.2, 0.25) is 15.1 Å². The van der Waals surface area contributed by atoms with Crippen LogP contribution in [0.1, 0.15) is 0 Å². The number of nitrogens with one attached hydrogen (secondary N) is 3. The third-order valence-corrected chi connectivity index (χ3v) is 3.11. The van der Waals surface area contributed by atoms with Crippen molar-refractivity contribution in [3.63, 3.8) is 0 Å². The molecule has 0 aliphatic carbocycles. The Morgan fingerprint density at radius 3 is 2.40 bits per heavy atom. The average molecular weight is 331 g/mol. The molecule has 0 aliphatic rings. The molecular formula is C13H10Cl3N3O. The van der Waals surface area contributed by atoms with E-state index < -0.39 is 6.03 Å². The van der Waals surface area contributed by atoms with Crippen molar-refractivity contribution in [2.75, 3.05) is 10.7 Å². The van der Waals surface area contributed by atoms with Crippen LogP contribution in [0, 0.1) is 0 Å². The van der Waals surface area contributed by atoms with Crippen LogP contribution >= 0.6 is 34.8 Å². The van der Waals surface area contributed by atoms with Crippen LogP contribution in [-0.4, -0.2) is 6.03 Å². The van der Waals surface area contributed by atoms with Gasteiger partial charge in [0.05, 0.1) is 10.7 Å². The van der Waals surface area contributed by atoms with Gasteiger partial charge in [0.1, 0.15) is 0 Å². The number of benzene rings is 2. The number of halogens is 3. The van der Waals surface area contributed by atoms with Gasteiger partial charge in [-0.3, -0.25) is 10.9 Å². The lowest BCUT2D eigenvalue weighted by atomic mass is 10.3. The van der Waals surface area contributed by atoms with E-state index in [2.05, 4.69) is 16.2 Å². The summed E-state index contributed by atoms with van der Waals surface area (Å²) in [4.78, 5) is 11.7. The van der Waals surface area contributed by atoms with Crippen LogP contribution in [0.15, 0.2) is 42.5 Å². The molecule has 0 fully saturated rings. The van der Waals surface area contributed by atoms with E-state index in [4.69, 9.17) is 34.8 Å². The molecule has 0 heterocycles. The molecule has 0 radical (unpaired) electrons. The molecule has 20 heavy (non-hydrogen) atoms. The van der Waals surface area contributed by atoms with E-state index in [1.54, 1.807) is 42.5 Å².